The number of carbonyl (C=O) groups excluding carboxylic acids is 1. The number of rotatable bonds is 2. The van der Waals surface area contributed by atoms with Gasteiger partial charge >= 0.3 is 5.92 Å². The minimum atomic E-state index is -3.27. The molecule has 0 radical (unpaired) electrons. The maximum absolute atomic E-state index is 12.7. The highest BCUT2D eigenvalue weighted by atomic mass is 19.3. The third-order valence-corrected chi connectivity index (χ3v) is 2.43. The van der Waals surface area contributed by atoms with Gasteiger partial charge in [0.25, 0.3) is 5.91 Å². The molecule has 1 heterocycles. The Morgan fingerprint density at radius 1 is 1.43 bits per heavy atom. The zero-order valence-corrected chi connectivity index (χ0v) is 8.43. The van der Waals surface area contributed by atoms with Gasteiger partial charge in [-0.15, -0.1) is 0 Å². The second kappa shape index (κ2) is 4.21. The lowest BCUT2D eigenvalue weighted by Crippen LogP contribution is -2.47. The monoisotopic (exact) mass is 207 g/mol. The number of amides is 1. The van der Waals surface area contributed by atoms with Crippen LogP contribution in [0.3, 0.4) is 0 Å². The smallest absolute Gasteiger partial charge is 0.322 e. The second-order valence-electron chi connectivity index (χ2n) is 3.65. The molecule has 5 heteroatoms. The van der Waals surface area contributed by atoms with Gasteiger partial charge in [-0.2, -0.15) is 8.78 Å². The maximum Gasteiger partial charge on any atom is 0.322 e. The SMILES string of the molecule is CN(C(=O)C(C)(F)F)C1CCOCC1. The molecule has 1 amide bonds. The van der Waals surface area contributed by atoms with Crippen LogP contribution in [0.15, 0.2) is 0 Å². The molecule has 0 spiro atoms. The van der Waals surface area contributed by atoms with Gasteiger partial charge in [-0.05, 0) is 12.8 Å². The van der Waals surface area contributed by atoms with Crippen molar-refractivity contribution in [2.24, 2.45) is 0 Å². The molecule has 0 N–H and O–H groups in total. The molecule has 0 aromatic rings. The molecule has 0 aliphatic carbocycles. The average Bonchev–Trinajstić information content (AvgIpc) is 2.15. The van der Waals surface area contributed by atoms with Crippen molar-refractivity contribution < 1.29 is 18.3 Å². The van der Waals surface area contributed by atoms with Gasteiger partial charge in [0.1, 0.15) is 0 Å². The van der Waals surface area contributed by atoms with Crippen LogP contribution in [-0.2, 0) is 9.53 Å². The fourth-order valence-electron chi connectivity index (χ4n) is 1.55. The summed E-state index contributed by atoms with van der Waals surface area (Å²) in [7, 11) is 1.43. The first kappa shape index (κ1) is 11.4. The fourth-order valence-corrected chi connectivity index (χ4v) is 1.55. The molecule has 1 rings (SSSR count). The van der Waals surface area contributed by atoms with E-state index in [2.05, 4.69) is 0 Å². The zero-order valence-electron chi connectivity index (χ0n) is 8.43. The van der Waals surface area contributed by atoms with E-state index in [1.807, 2.05) is 0 Å². The molecule has 0 unspecified atom stereocenters. The van der Waals surface area contributed by atoms with Crippen molar-refractivity contribution in [3.05, 3.63) is 0 Å². The van der Waals surface area contributed by atoms with Crippen LogP contribution in [0, 0.1) is 0 Å². The van der Waals surface area contributed by atoms with Gasteiger partial charge in [0.15, 0.2) is 0 Å². The van der Waals surface area contributed by atoms with Crippen molar-refractivity contribution in [2.45, 2.75) is 31.7 Å². The summed E-state index contributed by atoms with van der Waals surface area (Å²) >= 11 is 0. The fraction of sp³-hybridized carbons (Fsp3) is 0.889. The quantitative estimate of drug-likeness (QED) is 0.682. The first-order valence-electron chi connectivity index (χ1n) is 4.65. The molecule has 1 saturated heterocycles. The first-order chi connectivity index (χ1) is 6.43. The summed E-state index contributed by atoms with van der Waals surface area (Å²) in [5, 5.41) is 0. The third-order valence-electron chi connectivity index (χ3n) is 2.43. The molecular formula is C9H15F2NO2. The summed E-state index contributed by atoms with van der Waals surface area (Å²) in [5.41, 5.74) is 0. The molecule has 3 nitrogen and oxygen atoms in total. The van der Waals surface area contributed by atoms with Crippen LogP contribution in [0.4, 0.5) is 8.78 Å². The second-order valence-corrected chi connectivity index (χ2v) is 3.65. The van der Waals surface area contributed by atoms with Gasteiger partial charge < -0.3 is 9.64 Å². The van der Waals surface area contributed by atoms with E-state index in [1.165, 1.54) is 7.05 Å². The molecule has 1 aliphatic rings. The van der Waals surface area contributed by atoms with Gasteiger partial charge in [-0.3, -0.25) is 4.79 Å². The summed E-state index contributed by atoms with van der Waals surface area (Å²) in [6.07, 6.45) is 1.27. The summed E-state index contributed by atoms with van der Waals surface area (Å²) in [6.45, 7) is 1.71. The van der Waals surface area contributed by atoms with Crippen LogP contribution in [0.5, 0.6) is 0 Å². The topological polar surface area (TPSA) is 29.5 Å². The largest absolute Gasteiger partial charge is 0.381 e. The van der Waals surface area contributed by atoms with Gasteiger partial charge in [-0.1, -0.05) is 0 Å². The van der Waals surface area contributed by atoms with E-state index in [4.69, 9.17) is 4.74 Å². The Bertz CT molecular complexity index is 209. The molecule has 0 aromatic carbocycles. The molecule has 0 bridgehead atoms. The number of ether oxygens (including phenoxy) is 1. The molecule has 1 fully saturated rings. The Balaban J connectivity index is 2.55. The lowest BCUT2D eigenvalue weighted by molar-refractivity contribution is -0.157. The first-order valence-corrected chi connectivity index (χ1v) is 4.65. The van der Waals surface area contributed by atoms with Crippen molar-refractivity contribution in [3.8, 4) is 0 Å². The molecule has 0 saturated carbocycles. The van der Waals surface area contributed by atoms with E-state index < -0.39 is 11.8 Å². The van der Waals surface area contributed by atoms with E-state index in [0.717, 1.165) is 4.90 Å². The number of alkyl halides is 2. The van der Waals surface area contributed by atoms with Crippen LogP contribution in [0.1, 0.15) is 19.8 Å². The normalized spacial score (nSPS) is 19.4. The number of halogens is 2. The van der Waals surface area contributed by atoms with Gasteiger partial charge in [0.05, 0.1) is 0 Å². The van der Waals surface area contributed by atoms with E-state index in [9.17, 15) is 13.6 Å². The van der Waals surface area contributed by atoms with Crippen molar-refractivity contribution >= 4 is 5.91 Å². The van der Waals surface area contributed by atoms with Crippen LogP contribution in [0.25, 0.3) is 0 Å². The molecule has 1 aliphatic heterocycles. The van der Waals surface area contributed by atoms with Crippen LogP contribution in [0.2, 0.25) is 0 Å². The number of hydrogen-bond donors (Lipinski definition) is 0. The molecule has 14 heavy (non-hydrogen) atoms. The highest BCUT2D eigenvalue weighted by Gasteiger charge is 2.37. The number of carbonyl (C=O) groups is 1. The average molecular weight is 207 g/mol. The van der Waals surface area contributed by atoms with E-state index in [-0.39, 0.29) is 6.04 Å². The summed E-state index contributed by atoms with van der Waals surface area (Å²) in [6, 6.07) is -0.109. The molecule has 82 valence electrons. The van der Waals surface area contributed by atoms with Crippen molar-refractivity contribution in [1.82, 2.24) is 4.90 Å². The van der Waals surface area contributed by atoms with Crippen LogP contribution in [-0.4, -0.2) is 43.0 Å². The summed E-state index contributed by atoms with van der Waals surface area (Å²) in [5.74, 6) is -4.38. The van der Waals surface area contributed by atoms with Crippen LogP contribution < -0.4 is 0 Å². The van der Waals surface area contributed by atoms with Gasteiger partial charge in [0.2, 0.25) is 0 Å². The van der Waals surface area contributed by atoms with E-state index >= 15 is 0 Å². The summed E-state index contributed by atoms with van der Waals surface area (Å²) < 4.78 is 30.5. The number of nitrogens with zero attached hydrogens (tertiary/aromatic N) is 1. The van der Waals surface area contributed by atoms with Crippen molar-refractivity contribution in [3.63, 3.8) is 0 Å². The zero-order chi connectivity index (χ0) is 10.8. The Morgan fingerprint density at radius 3 is 2.36 bits per heavy atom. The highest BCUT2D eigenvalue weighted by molar-refractivity contribution is 5.83. The minimum Gasteiger partial charge on any atom is -0.381 e. The Morgan fingerprint density at radius 2 is 1.93 bits per heavy atom. The predicted octanol–water partition coefficient (Wildman–Crippen LogP) is 1.28. The third kappa shape index (κ3) is 2.64. The van der Waals surface area contributed by atoms with Crippen molar-refractivity contribution in [2.75, 3.05) is 20.3 Å². The summed E-state index contributed by atoms with van der Waals surface area (Å²) in [4.78, 5) is 12.3. The maximum atomic E-state index is 12.7. The lowest BCUT2D eigenvalue weighted by Gasteiger charge is -2.32. The predicted molar refractivity (Wildman–Crippen MR) is 47.2 cm³/mol. The van der Waals surface area contributed by atoms with E-state index in [0.29, 0.717) is 33.0 Å². The lowest BCUT2D eigenvalue weighted by atomic mass is 10.1. The molecule has 0 aromatic heterocycles. The van der Waals surface area contributed by atoms with Crippen molar-refractivity contribution in [1.29, 1.82) is 0 Å². The number of hydrogen-bond acceptors (Lipinski definition) is 2. The van der Waals surface area contributed by atoms with Crippen LogP contribution >= 0.6 is 0 Å². The van der Waals surface area contributed by atoms with Gasteiger partial charge in [0, 0.05) is 33.2 Å². The Hall–Kier alpha value is -0.710. The molecule has 0 atom stereocenters. The van der Waals surface area contributed by atoms with E-state index in [1.54, 1.807) is 0 Å². The standard InChI is InChI=1S/C9H15F2NO2/c1-9(10,11)8(13)12(2)7-3-5-14-6-4-7/h7H,3-6H2,1-2H3. The minimum absolute atomic E-state index is 0.109. The molecular weight excluding hydrogens is 192 g/mol. The Labute approximate surface area is 82.0 Å². The van der Waals surface area contributed by atoms with Gasteiger partial charge in [-0.25, -0.2) is 0 Å². The highest BCUT2D eigenvalue weighted by Crippen LogP contribution is 2.20. The Kier molecular flexibility index (Phi) is 3.42.